The van der Waals surface area contributed by atoms with E-state index in [-0.39, 0.29) is 12.0 Å². The van der Waals surface area contributed by atoms with Gasteiger partial charge in [-0.3, -0.25) is 9.48 Å². The standard InChI is InChI=1S/C21H30N4O2/c1-4-17(3)27-19-14-16(2)6-7-18(19)15-23-20(26)21(8-11-22-12-9-21)25-13-5-10-24-25/h5-7,10,13-14,17,22H,4,8-9,11-12,15H2,1-3H3,(H,23,26). The second kappa shape index (κ2) is 8.57. The number of nitrogens with one attached hydrogen (secondary N) is 2. The number of benzene rings is 1. The van der Waals surface area contributed by atoms with Crippen molar-refractivity contribution >= 4 is 5.91 Å². The Morgan fingerprint density at radius 3 is 2.85 bits per heavy atom. The fourth-order valence-corrected chi connectivity index (χ4v) is 3.48. The number of ether oxygens (including phenoxy) is 1. The van der Waals surface area contributed by atoms with E-state index in [0.717, 1.165) is 49.2 Å². The Hall–Kier alpha value is -2.34. The molecule has 146 valence electrons. The van der Waals surface area contributed by atoms with Gasteiger partial charge in [0.1, 0.15) is 11.3 Å². The Morgan fingerprint density at radius 2 is 2.19 bits per heavy atom. The molecule has 1 aliphatic rings. The van der Waals surface area contributed by atoms with Crippen molar-refractivity contribution in [3.63, 3.8) is 0 Å². The summed E-state index contributed by atoms with van der Waals surface area (Å²) in [6.07, 6.45) is 6.15. The predicted octanol–water partition coefficient (Wildman–Crippen LogP) is 2.76. The van der Waals surface area contributed by atoms with Crippen LogP contribution in [0, 0.1) is 6.92 Å². The third-order valence-corrected chi connectivity index (χ3v) is 5.36. The maximum Gasteiger partial charge on any atom is 0.248 e. The fraction of sp³-hybridized carbons (Fsp3) is 0.524. The molecule has 27 heavy (non-hydrogen) atoms. The summed E-state index contributed by atoms with van der Waals surface area (Å²) in [5.74, 6) is 0.867. The van der Waals surface area contributed by atoms with Crippen LogP contribution in [0.5, 0.6) is 5.75 Å². The first-order valence-corrected chi connectivity index (χ1v) is 9.80. The van der Waals surface area contributed by atoms with Gasteiger partial charge < -0.3 is 15.4 Å². The lowest BCUT2D eigenvalue weighted by Gasteiger charge is -2.36. The molecule has 6 nitrogen and oxygen atoms in total. The van der Waals surface area contributed by atoms with Gasteiger partial charge in [0.15, 0.2) is 0 Å². The van der Waals surface area contributed by atoms with Gasteiger partial charge in [-0.15, -0.1) is 0 Å². The van der Waals surface area contributed by atoms with E-state index in [9.17, 15) is 4.79 Å². The number of nitrogens with zero attached hydrogens (tertiary/aromatic N) is 2. The number of aryl methyl sites for hydroxylation is 1. The maximum absolute atomic E-state index is 13.2. The zero-order valence-corrected chi connectivity index (χ0v) is 16.5. The average molecular weight is 370 g/mol. The number of aromatic nitrogens is 2. The Balaban J connectivity index is 1.76. The first-order valence-electron chi connectivity index (χ1n) is 9.80. The summed E-state index contributed by atoms with van der Waals surface area (Å²) in [5, 5.41) is 10.8. The van der Waals surface area contributed by atoms with E-state index >= 15 is 0 Å². The lowest BCUT2D eigenvalue weighted by atomic mass is 9.87. The summed E-state index contributed by atoms with van der Waals surface area (Å²) in [6.45, 7) is 8.27. The normalized spacial score (nSPS) is 17.3. The largest absolute Gasteiger partial charge is 0.490 e. The maximum atomic E-state index is 13.2. The number of hydrogen-bond acceptors (Lipinski definition) is 4. The summed E-state index contributed by atoms with van der Waals surface area (Å²) in [6, 6.07) is 8.01. The molecule has 0 bridgehead atoms. The Labute approximate surface area is 161 Å². The number of carbonyl (C=O) groups is 1. The minimum Gasteiger partial charge on any atom is -0.490 e. The summed E-state index contributed by atoms with van der Waals surface area (Å²) < 4.78 is 7.89. The molecule has 1 fully saturated rings. The summed E-state index contributed by atoms with van der Waals surface area (Å²) in [7, 11) is 0. The lowest BCUT2D eigenvalue weighted by molar-refractivity contribution is -0.132. The zero-order chi connectivity index (χ0) is 19.3. The molecule has 1 aromatic heterocycles. The van der Waals surface area contributed by atoms with Gasteiger partial charge in [-0.1, -0.05) is 19.1 Å². The van der Waals surface area contributed by atoms with Gasteiger partial charge in [0, 0.05) is 24.5 Å². The molecule has 1 aromatic carbocycles. The van der Waals surface area contributed by atoms with Crippen molar-refractivity contribution in [3.8, 4) is 5.75 Å². The summed E-state index contributed by atoms with van der Waals surface area (Å²) in [5.41, 5.74) is 1.52. The minimum atomic E-state index is -0.628. The number of carbonyl (C=O) groups excluding carboxylic acids is 1. The molecule has 1 unspecified atom stereocenters. The molecule has 2 aromatic rings. The smallest absolute Gasteiger partial charge is 0.248 e. The SMILES string of the molecule is CCC(C)Oc1cc(C)ccc1CNC(=O)C1(n2cccn2)CCNCC1. The van der Waals surface area contributed by atoms with Crippen LogP contribution in [0.4, 0.5) is 0 Å². The van der Waals surface area contributed by atoms with Crippen LogP contribution in [-0.4, -0.2) is 34.9 Å². The minimum absolute atomic E-state index is 0.0164. The van der Waals surface area contributed by atoms with Gasteiger partial charge in [-0.25, -0.2) is 0 Å². The molecule has 6 heteroatoms. The first kappa shape index (κ1) is 19.4. The molecule has 1 aliphatic heterocycles. The van der Waals surface area contributed by atoms with E-state index in [1.54, 1.807) is 6.20 Å². The summed E-state index contributed by atoms with van der Waals surface area (Å²) in [4.78, 5) is 13.2. The highest BCUT2D eigenvalue weighted by Gasteiger charge is 2.41. The molecule has 2 heterocycles. The topological polar surface area (TPSA) is 68.2 Å². The van der Waals surface area contributed by atoms with Crippen molar-refractivity contribution in [3.05, 3.63) is 47.8 Å². The van der Waals surface area contributed by atoms with Gasteiger partial charge in [-0.2, -0.15) is 5.10 Å². The monoisotopic (exact) mass is 370 g/mol. The van der Waals surface area contributed by atoms with Crippen LogP contribution in [0.2, 0.25) is 0 Å². The van der Waals surface area contributed by atoms with E-state index in [1.807, 2.05) is 36.0 Å². The predicted molar refractivity (Wildman–Crippen MR) is 106 cm³/mol. The number of amides is 1. The first-order chi connectivity index (χ1) is 13.0. The summed E-state index contributed by atoms with van der Waals surface area (Å²) >= 11 is 0. The molecule has 2 N–H and O–H groups in total. The number of piperidine rings is 1. The molecule has 0 radical (unpaired) electrons. The highest BCUT2D eigenvalue weighted by Crippen LogP contribution is 2.28. The number of hydrogen-bond donors (Lipinski definition) is 2. The van der Waals surface area contributed by atoms with Gasteiger partial charge in [0.05, 0.1) is 6.10 Å². The molecular formula is C21H30N4O2. The van der Waals surface area contributed by atoms with Crippen molar-refractivity contribution in [1.82, 2.24) is 20.4 Å². The van der Waals surface area contributed by atoms with Gasteiger partial charge in [0.2, 0.25) is 5.91 Å². The second-order valence-electron chi connectivity index (χ2n) is 7.36. The Bertz CT molecular complexity index is 752. The van der Waals surface area contributed by atoms with E-state index in [2.05, 4.69) is 35.6 Å². The average Bonchev–Trinajstić information content (AvgIpc) is 3.23. The quantitative estimate of drug-likeness (QED) is 0.786. The highest BCUT2D eigenvalue weighted by atomic mass is 16.5. The molecule has 0 saturated carbocycles. The van der Waals surface area contributed by atoms with Gasteiger partial charge >= 0.3 is 0 Å². The fourth-order valence-electron chi connectivity index (χ4n) is 3.48. The third kappa shape index (κ3) is 4.33. The van der Waals surface area contributed by atoms with E-state index < -0.39 is 5.54 Å². The van der Waals surface area contributed by atoms with Crippen LogP contribution in [-0.2, 0) is 16.9 Å². The van der Waals surface area contributed by atoms with Crippen molar-refractivity contribution in [2.24, 2.45) is 0 Å². The molecule has 1 saturated heterocycles. The lowest BCUT2D eigenvalue weighted by Crippen LogP contribution is -2.54. The zero-order valence-electron chi connectivity index (χ0n) is 16.5. The van der Waals surface area contributed by atoms with Crippen LogP contribution in [0.3, 0.4) is 0 Å². The van der Waals surface area contributed by atoms with Crippen LogP contribution >= 0.6 is 0 Å². The number of rotatable bonds is 7. The molecule has 3 rings (SSSR count). The second-order valence-corrected chi connectivity index (χ2v) is 7.36. The van der Waals surface area contributed by atoms with Gasteiger partial charge in [-0.05, 0) is 63.9 Å². The third-order valence-electron chi connectivity index (χ3n) is 5.36. The van der Waals surface area contributed by atoms with Crippen molar-refractivity contribution in [2.75, 3.05) is 13.1 Å². The van der Waals surface area contributed by atoms with Crippen LogP contribution in [0.15, 0.2) is 36.7 Å². The highest BCUT2D eigenvalue weighted by molar-refractivity contribution is 5.84. The van der Waals surface area contributed by atoms with Crippen LogP contribution in [0.1, 0.15) is 44.2 Å². The molecule has 1 atom stereocenters. The molecular weight excluding hydrogens is 340 g/mol. The molecule has 1 amide bonds. The van der Waals surface area contributed by atoms with E-state index in [1.165, 1.54) is 0 Å². The van der Waals surface area contributed by atoms with Crippen LogP contribution < -0.4 is 15.4 Å². The van der Waals surface area contributed by atoms with E-state index in [0.29, 0.717) is 6.54 Å². The van der Waals surface area contributed by atoms with Crippen molar-refractivity contribution in [2.45, 2.75) is 58.2 Å². The van der Waals surface area contributed by atoms with Crippen molar-refractivity contribution < 1.29 is 9.53 Å². The van der Waals surface area contributed by atoms with Crippen LogP contribution in [0.25, 0.3) is 0 Å². The molecule has 0 spiro atoms. The van der Waals surface area contributed by atoms with E-state index in [4.69, 9.17) is 4.74 Å². The Kier molecular flexibility index (Phi) is 6.16. The van der Waals surface area contributed by atoms with Crippen molar-refractivity contribution in [1.29, 1.82) is 0 Å². The molecule has 0 aliphatic carbocycles. The van der Waals surface area contributed by atoms with Gasteiger partial charge in [0.25, 0.3) is 0 Å². The Morgan fingerprint density at radius 1 is 1.41 bits per heavy atom.